The van der Waals surface area contributed by atoms with Crippen LogP contribution in [0.2, 0.25) is 0 Å². The summed E-state index contributed by atoms with van der Waals surface area (Å²) >= 11 is 0. The average Bonchev–Trinajstić information content (AvgIpc) is 3.02. The minimum Gasteiger partial charge on any atom is -0.481 e. The van der Waals surface area contributed by atoms with Gasteiger partial charge in [-0.2, -0.15) is 0 Å². The standard InChI is InChI=1S/C23H28N2O3/c1-16-4-3-5-17(2)21(16)28-19-14-18-6-8-23(22(18)24-15-19)9-12-25(13-10-23)11-7-20(26)27/h3-5,14-15H,6-13H2,1-2H3,(H,26,27). The summed E-state index contributed by atoms with van der Waals surface area (Å²) in [4.78, 5) is 17.9. The number of hydrogen-bond acceptors (Lipinski definition) is 4. The van der Waals surface area contributed by atoms with Crippen molar-refractivity contribution in [3.05, 3.63) is 52.8 Å². The van der Waals surface area contributed by atoms with E-state index < -0.39 is 5.97 Å². The SMILES string of the molecule is Cc1cccc(C)c1Oc1cnc2c(c1)CCC21CCN(CCC(=O)O)CC1. The monoisotopic (exact) mass is 380 g/mol. The molecule has 1 aliphatic carbocycles. The number of likely N-dealkylation sites (tertiary alicyclic amines) is 1. The second-order valence-electron chi connectivity index (χ2n) is 8.27. The van der Waals surface area contributed by atoms with Crippen LogP contribution in [0.4, 0.5) is 0 Å². The van der Waals surface area contributed by atoms with Gasteiger partial charge in [-0.05, 0) is 75.4 Å². The number of carboxylic acid groups (broad SMARTS) is 1. The zero-order valence-electron chi connectivity index (χ0n) is 16.7. The molecule has 0 atom stereocenters. The molecule has 1 aromatic carbocycles. The van der Waals surface area contributed by atoms with Gasteiger partial charge in [-0.15, -0.1) is 0 Å². The first-order valence-electron chi connectivity index (χ1n) is 10.1. The number of benzene rings is 1. The van der Waals surface area contributed by atoms with Crippen LogP contribution in [0.1, 0.15) is 48.1 Å². The zero-order chi connectivity index (χ0) is 19.7. The van der Waals surface area contributed by atoms with Crippen molar-refractivity contribution in [3.8, 4) is 11.5 Å². The van der Waals surface area contributed by atoms with Crippen molar-refractivity contribution in [2.24, 2.45) is 0 Å². The number of aryl methyl sites for hydroxylation is 3. The van der Waals surface area contributed by atoms with Gasteiger partial charge in [0.25, 0.3) is 0 Å². The Balaban J connectivity index is 1.48. The van der Waals surface area contributed by atoms with E-state index in [9.17, 15) is 4.79 Å². The molecule has 1 aromatic heterocycles. The second-order valence-corrected chi connectivity index (χ2v) is 8.27. The fourth-order valence-corrected chi connectivity index (χ4v) is 4.73. The van der Waals surface area contributed by atoms with Crippen molar-refractivity contribution in [3.63, 3.8) is 0 Å². The molecule has 2 aromatic rings. The summed E-state index contributed by atoms with van der Waals surface area (Å²) in [5, 5.41) is 8.90. The number of ether oxygens (including phenoxy) is 1. The lowest BCUT2D eigenvalue weighted by Gasteiger charge is -2.39. The summed E-state index contributed by atoms with van der Waals surface area (Å²) in [5.41, 5.74) is 4.96. The molecule has 1 N–H and O–H groups in total. The van der Waals surface area contributed by atoms with Crippen molar-refractivity contribution in [2.75, 3.05) is 19.6 Å². The minimum atomic E-state index is -0.718. The fraction of sp³-hybridized carbons (Fsp3) is 0.478. The van der Waals surface area contributed by atoms with Gasteiger partial charge in [-0.25, -0.2) is 0 Å². The first-order chi connectivity index (χ1) is 13.5. The Kier molecular flexibility index (Phi) is 5.11. The minimum absolute atomic E-state index is 0.159. The highest BCUT2D eigenvalue weighted by molar-refractivity contribution is 5.66. The first kappa shape index (κ1) is 18.9. The van der Waals surface area contributed by atoms with E-state index in [2.05, 4.69) is 36.9 Å². The molecule has 2 heterocycles. The topological polar surface area (TPSA) is 62.7 Å². The number of para-hydroxylation sites is 1. The van der Waals surface area contributed by atoms with E-state index in [0.717, 1.165) is 61.4 Å². The zero-order valence-corrected chi connectivity index (χ0v) is 16.7. The summed E-state index contributed by atoms with van der Waals surface area (Å²) < 4.78 is 6.19. The number of nitrogens with zero attached hydrogens (tertiary/aromatic N) is 2. The van der Waals surface area contributed by atoms with Gasteiger partial charge in [-0.3, -0.25) is 9.78 Å². The predicted octanol–water partition coefficient (Wildman–Crippen LogP) is 4.25. The van der Waals surface area contributed by atoms with Crippen molar-refractivity contribution < 1.29 is 14.6 Å². The Morgan fingerprint density at radius 1 is 1.21 bits per heavy atom. The summed E-state index contributed by atoms with van der Waals surface area (Å²) in [6, 6.07) is 8.34. The van der Waals surface area contributed by atoms with E-state index in [-0.39, 0.29) is 11.8 Å². The Labute approximate surface area is 166 Å². The maximum atomic E-state index is 10.8. The van der Waals surface area contributed by atoms with Crippen LogP contribution in [0, 0.1) is 13.8 Å². The molecule has 1 saturated heterocycles. The Morgan fingerprint density at radius 2 is 1.93 bits per heavy atom. The largest absolute Gasteiger partial charge is 0.481 e. The molecule has 4 rings (SSSR count). The van der Waals surface area contributed by atoms with Crippen LogP contribution >= 0.6 is 0 Å². The van der Waals surface area contributed by atoms with Gasteiger partial charge >= 0.3 is 5.97 Å². The van der Waals surface area contributed by atoms with Crippen LogP contribution in [-0.2, 0) is 16.6 Å². The van der Waals surface area contributed by atoms with Crippen LogP contribution in [-0.4, -0.2) is 40.6 Å². The number of fused-ring (bicyclic) bond motifs is 2. The summed E-state index contributed by atoms with van der Waals surface area (Å²) in [7, 11) is 0. The van der Waals surface area contributed by atoms with Gasteiger partial charge in [0, 0.05) is 12.0 Å². The molecular weight excluding hydrogens is 352 g/mol. The van der Waals surface area contributed by atoms with Gasteiger partial charge in [0.15, 0.2) is 0 Å². The van der Waals surface area contributed by atoms with Gasteiger partial charge in [-0.1, -0.05) is 18.2 Å². The van der Waals surface area contributed by atoms with Crippen molar-refractivity contribution >= 4 is 5.97 Å². The molecule has 0 unspecified atom stereocenters. The Hall–Kier alpha value is -2.40. The molecule has 1 spiro atoms. The Morgan fingerprint density at radius 3 is 2.61 bits per heavy atom. The lowest BCUT2D eigenvalue weighted by Crippen LogP contribution is -2.42. The van der Waals surface area contributed by atoms with E-state index in [1.165, 1.54) is 11.3 Å². The molecule has 0 bridgehead atoms. The molecule has 0 radical (unpaired) electrons. The van der Waals surface area contributed by atoms with Crippen molar-refractivity contribution in [2.45, 2.75) is 51.4 Å². The number of aromatic nitrogens is 1. The van der Waals surface area contributed by atoms with E-state index >= 15 is 0 Å². The lowest BCUT2D eigenvalue weighted by molar-refractivity contribution is -0.137. The van der Waals surface area contributed by atoms with E-state index in [1.807, 2.05) is 12.3 Å². The highest BCUT2D eigenvalue weighted by Gasteiger charge is 2.42. The quantitative estimate of drug-likeness (QED) is 0.840. The van der Waals surface area contributed by atoms with Crippen LogP contribution < -0.4 is 4.74 Å². The van der Waals surface area contributed by atoms with Crippen LogP contribution in [0.15, 0.2) is 30.5 Å². The second kappa shape index (κ2) is 7.55. The summed E-state index contributed by atoms with van der Waals surface area (Å²) in [6.07, 6.45) is 6.39. The maximum absolute atomic E-state index is 10.8. The number of aliphatic carboxylic acids is 1. The molecule has 1 aliphatic heterocycles. The highest BCUT2D eigenvalue weighted by Crippen LogP contribution is 2.46. The van der Waals surface area contributed by atoms with Gasteiger partial charge in [0.05, 0.1) is 18.3 Å². The molecule has 1 fully saturated rings. The number of hydrogen-bond donors (Lipinski definition) is 1. The molecule has 28 heavy (non-hydrogen) atoms. The molecule has 2 aliphatic rings. The van der Waals surface area contributed by atoms with E-state index in [0.29, 0.717) is 6.54 Å². The number of rotatable bonds is 5. The number of pyridine rings is 1. The van der Waals surface area contributed by atoms with Gasteiger partial charge in [0.2, 0.25) is 0 Å². The van der Waals surface area contributed by atoms with Crippen molar-refractivity contribution in [1.29, 1.82) is 0 Å². The van der Waals surface area contributed by atoms with Gasteiger partial charge < -0.3 is 14.7 Å². The molecule has 5 heteroatoms. The molecule has 5 nitrogen and oxygen atoms in total. The molecule has 0 amide bonds. The smallest absolute Gasteiger partial charge is 0.304 e. The van der Waals surface area contributed by atoms with E-state index in [4.69, 9.17) is 14.8 Å². The van der Waals surface area contributed by atoms with Crippen LogP contribution in [0.5, 0.6) is 11.5 Å². The average molecular weight is 380 g/mol. The summed E-state index contributed by atoms with van der Waals surface area (Å²) in [6.45, 7) is 6.69. The third-order valence-corrected chi connectivity index (χ3v) is 6.40. The molecular formula is C23H28N2O3. The lowest BCUT2D eigenvalue weighted by atomic mass is 9.76. The molecule has 148 valence electrons. The maximum Gasteiger partial charge on any atom is 0.304 e. The number of carboxylic acids is 1. The fourth-order valence-electron chi connectivity index (χ4n) is 4.73. The van der Waals surface area contributed by atoms with Crippen LogP contribution in [0.3, 0.4) is 0 Å². The normalized spacial score (nSPS) is 18.2. The van der Waals surface area contributed by atoms with Crippen molar-refractivity contribution in [1.82, 2.24) is 9.88 Å². The summed E-state index contributed by atoms with van der Waals surface area (Å²) in [5.74, 6) is 1.01. The first-order valence-corrected chi connectivity index (χ1v) is 10.1. The van der Waals surface area contributed by atoms with Gasteiger partial charge in [0.1, 0.15) is 11.5 Å². The van der Waals surface area contributed by atoms with E-state index in [1.54, 1.807) is 0 Å². The third kappa shape index (κ3) is 3.63. The predicted molar refractivity (Wildman–Crippen MR) is 108 cm³/mol. The highest BCUT2D eigenvalue weighted by atomic mass is 16.5. The van der Waals surface area contributed by atoms with Crippen LogP contribution in [0.25, 0.3) is 0 Å². The molecule has 0 saturated carbocycles. The Bertz CT molecular complexity index is 865. The number of piperidine rings is 1. The third-order valence-electron chi connectivity index (χ3n) is 6.40. The number of carbonyl (C=O) groups is 1.